The van der Waals surface area contributed by atoms with E-state index >= 15 is 0 Å². The van der Waals surface area contributed by atoms with E-state index in [0.29, 0.717) is 5.54 Å². The first-order valence-corrected chi connectivity index (χ1v) is 4.26. The standard InChI is InChI=1S/C5H11N.C4H11N/c1-5(2)4-6(5)3;1-4-5(2)3/h4H2,1-3H3;4H2,1-3H3. The van der Waals surface area contributed by atoms with Crippen molar-refractivity contribution in [3.8, 4) is 0 Å². The second kappa shape index (κ2) is 4.07. The van der Waals surface area contributed by atoms with E-state index in [1.54, 1.807) is 0 Å². The molecule has 2 nitrogen and oxygen atoms in total. The van der Waals surface area contributed by atoms with Gasteiger partial charge in [0, 0.05) is 12.1 Å². The first-order chi connectivity index (χ1) is 4.90. The lowest BCUT2D eigenvalue weighted by Gasteiger charge is -2.00. The van der Waals surface area contributed by atoms with Crippen molar-refractivity contribution in [2.24, 2.45) is 0 Å². The van der Waals surface area contributed by atoms with Crippen LogP contribution in [0.1, 0.15) is 20.8 Å². The van der Waals surface area contributed by atoms with Crippen molar-refractivity contribution in [3.05, 3.63) is 0 Å². The molecule has 0 spiro atoms. The van der Waals surface area contributed by atoms with Crippen LogP contribution in [0.15, 0.2) is 0 Å². The minimum Gasteiger partial charge on any atom is -0.310 e. The quantitative estimate of drug-likeness (QED) is 0.530. The minimum atomic E-state index is 0.542. The van der Waals surface area contributed by atoms with Crippen molar-refractivity contribution < 1.29 is 0 Å². The molecule has 0 radical (unpaired) electrons. The summed E-state index contributed by atoms with van der Waals surface area (Å²) >= 11 is 0. The molecule has 0 aromatic heterocycles. The van der Waals surface area contributed by atoms with Crippen LogP contribution in [0.25, 0.3) is 0 Å². The van der Waals surface area contributed by atoms with Gasteiger partial charge in [-0.3, -0.25) is 4.90 Å². The molecule has 1 unspecified atom stereocenters. The Kier molecular flexibility index (Phi) is 4.04. The summed E-state index contributed by atoms with van der Waals surface area (Å²) in [6.07, 6.45) is 0. The summed E-state index contributed by atoms with van der Waals surface area (Å²) in [5.41, 5.74) is 0.542. The van der Waals surface area contributed by atoms with Gasteiger partial charge in [-0.05, 0) is 41.5 Å². The van der Waals surface area contributed by atoms with E-state index in [-0.39, 0.29) is 0 Å². The number of nitrogens with zero attached hydrogens (tertiary/aromatic N) is 2. The predicted molar refractivity (Wildman–Crippen MR) is 50.9 cm³/mol. The fraction of sp³-hybridized carbons (Fsp3) is 1.00. The monoisotopic (exact) mass is 158 g/mol. The molecule has 1 aliphatic rings. The molecule has 0 aliphatic carbocycles. The Morgan fingerprint density at radius 3 is 1.55 bits per heavy atom. The van der Waals surface area contributed by atoms with Crippen molar-refractivity contribution in [2.75, 3.05) is 34.2 Å². The van der Waals surface area contributed by atoms with Gasteiger partial charge in [0.05, 0.1) is 0 Å². The Bertz CT molecular complexity index is 108. The smallest absolute Gasteiger partial charge is 0.0278 e. The summed E-state index contributed by atoms with van der Waals surface area (Å²) in [5.74, 6) is 0. The number of hydrogen-bond acceptors (Lipinski definition) is 2. The average molecular weight is 158 g/mol. The molecule has 11 heavy (non-hydrogen) atoms. The van der Waals surface area contributed by atoms with Crippen LogP contribution in [0.4, 0.5) is 0 Å². The van der Waals surface area contributed by atoms with E-state index in [4.69, 9.17) is 0 Å². The zero-order valence-electron chi connectivity index (χ0n) is 8.81. The van der Waals surface area contributed by atoms with Gasteiger partial charge in [-0.1, -0.05) is 6.92 Å². The van der Waals surface area contributed by atoms with Gasteiger partial charge in [0.1, 0.15) is 0 Å². The summed E-state index contributed by atoms with van der Waals surface area (Å²) in [5, 5.41) is 0. The lowest BCUT2D eigenvalue weighted by atomic mass is 10.2. The number of rotatable bonds is 1. The van der Waals surface area contributed by atoms with Crippen LogP contribution in [0.3, 0.4) is 0 Å². The maximum absolute atomic E-state index is 2.31. The zero-order chi connectivity index (χ0) is 9.07. The van der Waals surface area contributed by atoms with Gasteiger partial charge in [-0.25, -0.2) is 0 Å². The van der Waals surface area contributed by atoms with Crippen molar-refractivity contribution in [1.29, 1.82) is 0 Å². The third-order valence-corrected chi connectivity index (χ3v) is 2.19. The van der Waals surface area contributed by atoms with E-state index in [1.807, 2.05) is 0 Å². The van der Waals surface area contributed by atoms with Crippen LogP contribution in [-0.2, 0) is 0 Å². The summed E-state index contributed by atoms with van der Waals surface area (Å²) in [6, 6.07) is 0. The molecule has 0 bridgehead atoms. The summed E-state index contributed by atoms with van der Waals surface area (Å²) in [6.45, 7) is 9.02. The summed E-state index contributed by atoms with van der Waals surface area (Å²) < 4.78 is 0. The highest BCUT2D eigenvalue weighted by atomic mass is 15.3. The van der Waals surface area contributed by atoms with Crippen LogP contribution in [0, 0.1) is 0 Å². The van der Waals surface area contributed by atoms with Crippen molar-refractivity contribution in [2.45, 2.75) is 26.3 Å². The van der Waals surface area contributed by atoms with E-state index in [9.17, 15) is 0 Å². The number of hydrogen-bond donors (Lipinski definition) is 0. The Hall–Kier alpha value is -0.0800. The molecule has 0 N–H and O–H groups in total. The van der Waals surface area contributed by atoms with E-state index in [1.165, 1.54) is 6.54 Å². The molecule has 0 aromatic carbocycles. The average Bonchev–Trinajstić information content (AvgIpc) is 2.39. The highest BCUT2D eigenvalue weighted by Gasteiger charge is 2.38. The summed E-state index contributed by atoms with van der Waals surface area (Å²) in [7, 11) is 6.25. The highest BCUT2D eigenvalue weighted by Crippen LogP contribution is 2.26. The van der Waals surface area contributed by atoms with Gasteiger partial charge < -0.3 is 4.90 Å². The molecular weight excluding hydrogens is 136 g/mol. The molecule has 68 valence electrons. The molecule has 0 amide bonds. The third-order valence-electron chi connectivity index (χ3n) is 2.19. The second-order valence-electron chi connectivity index (χ2n) is 4.06. The largest absolute Gasteiger partial charge is 0.310 e. The highest BCUT2D eigenvalue weighted by molar-refractivity contribution is 4.96. The first kappa shape index (κ1) is 10.9. The number of likely N-dealkylation sites (N-methyl/N-ethyl adjacent to an activating group) is 1. The fourth-order valence-electron chi connectivity index (χ4n) is 0.545. The van der Waals surface area contributed by atoms with Gasteiger partial charge in [0.2, 0.25) is 0 Å². The lowest BCUT2D eigenvalue weighted by Crippen LogP contribution is -2.08. The van der Waals surface area contributed by atoms with Gasteiger partial charge >= 0.3 is 0 Å². The topological polar surface area (TPSA) is 6.25 Å². The van der Waals surface area contributed by atoms with Crippen molar-refractivity contribution >= 4 is 0 Å². The Labute approximate surface area is 71.2 Å². The van der Waals surface area contributed by atoms with Crippen molar-refractivity contribution in [3.63, 3.8) is 0 Å². The van der Waals surface area contributed by atoms with Crippen LogP contribution in [-0.4, -0.2) is 49.6 Å². The van der Waals surface area contributed by atoms with Crippen LogP contribution in [0.5, 0.6) is 0 Å². The van der Waals surface area contributed by atoms with E-state index in [0.717, 1.165) is 6.54 Å². The molecule has 1 aliphatic heterocycles. The van der Waals surface area contributed by atoms with Crippen LogP contribution in [0.2, 0.25) is 0 Å². The first-order valence-electron chi connectivity index (χ1n) is 4.26. The molecule has 2 heteroatoms. The molecular formula is C9H22N2. The molecule has 1 fully saturated rings. The molecule has 1 rings (SSSR count). The molecule has 0 aromatic rings. The molecule has 1 atom stereocenters. The van der Waals surface area contributed by atoms with Crippen LogP contribution >= 0.6 is 0 Å². The maximum atomic E-state index is 2.31. The fourth-order valence-corrected chi connectivity index (χ4v) is 0.545. The van der Waals surface area contributed by atoms with Gasteiger partial charge in [-0.15, -0.1) is 0 Å². The third kappa shape index (κ3) is 5.22. The van der Waals surface area contributed by atoms with E-state index < -0.39 is 0 Å². The van der Waals surface area contributed by atoms with Gasteiger partial charge in [0.15, 0.2) is 0 Å². The molecule has 1 saturated heterocycles. The summed E-state index contributed by atoms with van der Waals surface area (Å²) in [4.78, 5) is 4.44. The Morgan fingerprint density at radius 1 is 1.36 bits per heavy atom. The Balaban J connectivity index is 0.000000187. The molecule has 1 heterocycles. The Morgan fingerprint density at radius 2 is 1.55 bits per heavy atom. The normalized spacial score (nSPS) is 25.9. The van der Waals surface area contributed by atoms with Crippen molar-refractivity contribution in [1.82, 2.24) is 9.80 Å². The zero-order valence-corrected chi connectivity index (χ0v) is 8.81. The maximum Gasteiger partial charge on any atom is 0.0278 e. The molecule has 0 saturated carbocycles. The van der Waals surface area contributed by atoms with Crippen LogP contribution < -0.4 is 0 Å². The van der Waals surface area contributed by atoms with E-state index in [2.05, 4.69) is 51.7 Å². The SMILES string of the molecule is CCN(C)C.CN1CC1(C)C. The minimum absolute atomic E-state index is 0.542. The van der Waals surface area contributed by atoms with Gasteiger partial charge in [-0.2, -0.15) is 0 Å². The predicted octanol–water partition coefficient (Wildman–Crippen LogP) is 1.28. The lowest BCUT2D eigenvalue weighted by molar-refractivity contribution is 0.434. The van der Waals surface area contributed by atoms with Gasteiger partial charge in [0.25, 0.3) is 0 Å². The second-order valence-corrected chi connectivity index (χ2v) is 4.06.